The third-order valence-electron chi connectivity index (χ3n) is 2.91. The van der Waals surface area contributed by atoms with Crippen molar-refractivity contribution in [3.05, 3.63) is 35.4 Å². The second-order valence-corrected chi connectivity index (χ2v) is 7.25. The van der Waals surface area contributed by atoms with Gasteiger partial charge in [0.2, 0.25) is 0 Å². The van der Waals surface area contributed by atoms with Crippen LogP contribution in [0.3, 0.4) is 0 Å². The number of sulfone groups is 1. The molecule has 1 heterocycles. The summed E-state index contributed by atoms with van der Waals surface area (Å²) in [5.74, 6) is -0.450. The van der Waals surface area contributed by atoms with Gasteiger partial charge in [0.25, 0.3) is 5.91 Å². The van der Waals surface area contributed by atoms with Crippen molar-refractivity contribution in [2.45, 2.75) is 18.3 Å². The Morgan fingerprint density at radius 2 is 1.89 bits per heavy atom. The Balaban J connectivity index is 2.06. The fraction of sp³-hybridized carbons (Fsp3) is 0.417. The van der Waals surface area contributed by atoms with Crippen molar-refractivity contribution < 1.29 is 13.2 Å². The first-order valence-corrected chi connectivity index (χ1v) is 7.85. The van der Waals surface area contributed by atoms with Gasteiger partial charge in [-0.05, 0) is 19.1 Å². The highest BCUT2D eigenvalue weighted by atomic mass is 35.5. The topological polar surface area (TPSA) is 63.2 Å². The number of halogens is 1. The van der Waals surface area contributed by atoms with Crippen LogP contribution in [0.4, 0.5) is 0 Å². The number of aryl methyl sites for hydroxylation is 1. The number of rotatable bonds is 2. The zero-order valence-electron chi connectivity index (χ0n) is 9.89. The highest BCUT2D eigenvalue weighted by Crippen LogP contribution is 2.18. The highest BCUT2D eigenvalue weighted by Gasteiger charge is 2.37. The van der Waals surface area contributed by atoms with E-state index >= 15 is 0 Å². The van der Waals surface area contributed by atoms with E-state index in [0.29, 0.717) is 5.56 Å². The van der Waals surface area contributed by atoms with Gasteiger partial charge in [-0.2, -0.15) is 0 Å². The summed E-state index contributed by atoms with van der Waals surface area (Å²) in [7, 11) is -3.13. The van der Waals surface area contributed by atoms with E-state index in [9.17, 15) is 13.2 Å². The molecule has 0 saturated carbocycles. The molecule has 98 valence electrons. The Hall–Kier alpha value is -1.07. The number of nitrogens with one attached hydrogen (secondary N) is 1. The third-order valence-corrected chi connectivity index (χ3v) is 5.29. The zero-order chi connectivity index (χ0) is 13.3. The van der Waals surface area contributed by atoms with Crippen molar-refractivity contribution in [1.82, 2.24) is 5.32 Å². The van der Waals surface area contributed by atoms with Crippen LogP contribution in [0.2, 0.25) is 0 Å². The van der Waals surface area contributed by atoms with Gasteiger partial charge in [0.1, 0.15) is 0 Å². The van der Waals surface area contributed by atoms with Crippen LogP contribution in [0, 0.1) is 6.92 Å². The summed E-state index contributed by atoms with van der Waals surface area (Å²) in [4.78, 5) is 11.9. The highest BCUT2D eigenvalue weighted by molar-refractivity contribution is 7.91. The number of amides is 1. The van der Waals surface area contributed by atoms with Gasteiger partial charge >= 0.3 is 0 Å². The van der Waals surface area contributed by atoms with Crippen LogP contribution in [-0.2, 0) is 9.84 Å². The van der Waals surface area contributed by atoms with Crippen LogP contribution in [0.5, 0.6) is 0 Å². The maximum absolute atomic E-state index is 11.9. The second kappa shape index (κ2) is 4.90. The fourth-order valence-corrected chi connectivity index (χ4v) is 4.44. The second-order valence-electron chi connectivity index (χ2n) is 4.54. The maximum atomic E-state index is 11.9. The molecule has 1 aromatic rings. The molecule has 1 fully saturated rings. The molecule has 1 aliphatic rings. The molecule has 0 bridgehead atoms. The molecule has 1 amide bonds. The molecule has 6 heteroatoms. The smallest absolute Gasteiger partial charge is 0.251 e. The van der Waals surface area contributed by atoms with Crippen LogP contribution >= 0.6 is 11.6 Å². The normalized spacial score (nSPS) is 25.9. The molecule has 1 saturated heterocycles. The average Bonchev–Trinajstić information content (AvgIpc) is 2.52. The number of benzene rings is 1. The Bertz CT molecular complexity index is 553. The van der Waals surface area contributed by atoms with E-state index in [4.69, 9.17) is 11.6 Å². The molecule has 1 aromatic carbocycles. The van der Waals surface area contributed by atoms with Crippen molar-refractivity contribution in [2.24, 2.45) is 0 Å². The van der Waals surface area contributed by atoms with Crippen molar-refractivity contribution in [2.75, 3.05) is 11.5 Å². The van der Waals surface area contributed by atoms with E-state index in [2.05, 4.69) is 5.32 Å². The predicted molar refractivity (Wildman–Crippen MR) is 70.7 cm³/mol. The molecule has 0 aromatic heterocycles. The lowest BCUT2D eigenvalue weighted by Crippen LogP contribution is -2.40. The molecule has 0 radical (unpaired) electrons. The molecule has 2 unspecified atom stereocenters. The summed E-state index contributed by atoms with van der Waals surface area (Å²) in [6, 6.07) is 6.57. The van der Waals surface area contributed by atoms with Gasteiger partial charge in [0.05, 0.1) is 22.9 Å². The van der Waals surface area contributed by atoms with Gasteiger partial charge in [-0.25, -0.2) is 8.42 Å². The van der Waals surface area contributed by atoms with Gasteiger partial charge in [-0.1, -0.05) is 17.7 Å². The summed E-state index contributed by atoms with van der Waals surface area (Å²) < 4.78 is 22.8. The van der Waals surface area contributed by atoms with Crippen molar-refractivity contribution in [1.29, 1.82) is 0 Å². The molecular weight excluding hydrogens is 274 g/mol. The lowest BCUT2D eigenvalue weighted by atomic mass is 10.1. The zero-order valence-corrected chi connectivity index (χ0v) is 11.5. The van der Waals surface area contributed by atoms with Gasteiger partial charge in [-0.3, -0.25) is 4.79 Å². The van der Waals surface area contributed by atoms with E-state index in [-0.39, 0.29) is 17.4 Å². The average molecular weight is 288 g/mol. The summed E-state index contributed by atoms with van der Waals surface area (Å²) in [6.07, 6.45) is 0. The molecule has 1 N–H and O–H groups in total. The number of carbonyl (C=O) groups excluding carboxylic acids is 1. The van der Waals surface area contributed by atoms with Crippen LogP contribution in [0.25, 0.3) is 0 Å². The van der Waals surface area contributed by atoms with E-state index in [0.717, 1.165) is 5.56 Å². The van der Waals surface area contributed by atoms with Crippen molar-refractivity contribution in [3.63, 3.8) is 0 Å². The van der Waals surface area contributed by atoms with Crippen molar-refractivity contribution in [3.8, 4) is 0 Å². The largest absolute Gasteiger partial charge is 0.347 e. The first kappa shape index (κ1) is 13.4. The monoisotopic (exact) mass is 287 g/mol. The molecule has 0 spiro atoms. The lowest BCUT2D eigenvalue weighted by Gasteiger charge is -2.14. The lowest BCUT2D eigenvalue weighted by molar-refractivity contribution is 0.0941. The van der Waals surface area contributed by atoms with Crippen LogP contribution in [-0.4, -0.2) is 37.2 Å². The van der Waals surface area contributed by atoms with Crippen LogP contribution in [0.1, 0.15) is 15.9 Å². The Kier molecular flexibility index (Phi) is 3.64. The quantitative estimate of drug-likeness (QED) is 0.830. The molecule has 18 heavy (non-hydrogen) atoms. The Morgan fingerprint density at radius 1 is 1.28 bits per heavy atom. The molecule has 1 aliphatic heterocycles. The number of hydrogen-bond donors (Lipinski definition) is 1. The molecule has 2 atom stereocenters. The summed E-state index contributed by atoms with van der Waals surface area (Å²) >= 11 is 5.93. The molecule has 4 nitrogen and oxygen atoms in total. The number of hydrogen-bond acceptors (Lipinski definition) is 3. The minimum absolute atomic E-state index is 0.0760. The Morgan fingerprint density at radius 3 is 2.39 bits per heavy atom. The third kappa shape index (κ3) is 3.03. The van der Waals surface area contributed by atoms with Gasteiger partial charge in [0.15, 0.2) is 9.84 Å². The van der Waals surface area contributed by atoms with Crippen LogP contribution in [0.15, 0.2) is 24.3 Å². The fourth-order valence-electron chi connectivity index (χ4n) is 1.89. The van der Waals surface area contributed by atoms with E-state index in [1.807, 2.05) is 19.1 Å². The summed E-state index contributed by atoms with van der Waals surface area (Å²) in [6.45, 7) is 1.93. The standard InChI is InChI=1S/C12H14ClNO3S/c1-8-2-4-9(5-3-8)12(15)14-11-7-18(16,17)6-10(11)13/h2-5,10-11H,6-7H2,1H3,(H,14,15). The molecule has 2 rings (SSSR count). The molecule has 0 aliphatic carbocycles. The summed E-state index contributed by atoms with van der Waals surface area (Å²) in [5.41, 5.74) is 1.57. The Labute approximate surface area is 111 Å². The predicted octanol–water partition coefficient (Wildman–Crippen LogP) is 1.13. The van der Waals surface area contributed by atoms with Crippen LogP contribution < -0.4 is 5.32 Å². The molecular formula is C12H14ClNO3S. The van der Waals surface area contributed by atoms with Gasteiger partial charge in [0, 0.05) is 5.56 Å². The minimum atomic E-state index is -3.13. The van der Waals surface area contributed by atoms with E-state index in [1.54, 1.807) is 12.1 Å². The van der Waals surface area contributed by atoms with Gasteiger partial charge in [-0.15, -0.1) is 11.6 Å². The minimum Gasteiger partial charge on any atom is -0.347 e. The SMILES string of the molecule is Cc1ccc(C(=O)NC2CS(=O)(=O)CC2Cl)cc1. The first-order chi connectivity index (χ1) is 8.37. The number of alkyl halides is 1. The van der Waals surface area contributed by atoms with E-state index in [1.165, 1.54) is 0 Å². The van der Waals surface area contributed by atoms with Gasteiger partial charge < -0.3 is 5.32 Å². The number of carbonyl (C=O) groups is 1. The van der Waals surface area contributed by atoms with E-state index < -0.39 is 21.3 Å². The van der Waals surface area contributed by atoms with Crippen molar-refractivity contribution >= 4 is 27.3 Å². The summed E-state index contributed by atoms with van der Waals surface area (Å²) in [5, 5.41) is 2.12. The first-order valence-electron chi connectivity index (χ1n) is 5.59. The maximum Gasteiger partial charge on any atom is 0.251 e.